The predicted molar refractivity (Wildman–Crippen MR) is 89.0 cm³/mol. The van der Waals surface area contributed by atoms with Crippen LogP contribution in [-0.4, -0.2) is 53.1 Å². The first kappa shape index (κ1) is 16.9. The average Bonchev–Trinajstić information content (AvgIpc) is 3.00. The molecule has 0 aliphatic carbocycles. The van der Waals surface area contributed by atoms with Crippen LogP contribution in [0.1, 0.15) is 25.6 Å². The van der Waals surface area contributed by atoms with E-state index in [-0.39, 0.29) is 11.7 Å². The summed E-state index contributed by atoms with van der Waals surface area (Å²) in [7, 11) is 0. The van der Waals surface area contributed by atoms with Gasteiger partial charge in [-0.05, 0) is 31.5 Å². The number of carbonyl (C=O) groups is 1. The Hall–Kier alpha value is -1.99. The molecule has 0 saturated carbocycles. The lowest BCUT2D eigenvalue weighted by molar-refractivity contribution is -0.121. The summed E-state index contributed by atoms with van der Waals surface area (Å²) in [6.07, 6.45) is 1.30. The number of imidazole rings is 1. The zero-order valence-electron chi connectivity index (χ0n) is 13.8. The third-order valence-corrected chi connectivity index (χ3v) is 4.40. The van der Waals surface area contributed by atoms with E-state index >= 15 is 0 Å². The Bertz CT molecular complexity index is 697. The molecule has 2 heterocycles. The number of aromatic nitrogens is 2. The van der Waals surface area contributed by atoms with Crippen molar-refractivity contribution in [3.63, 3.8) is 0 Å². The third-order valence-electron chi connectivity index (χ3n) is 4.40. The summed E-state index contributed by atoms with van der Waals surface area (Å²) in [6, 6.07) is 4.76. The number of nitrogens with one attached hydrogen (secondary N) is 2. The van der Waals surface area contributed by atoms with E-state index in [9.17, 15) is 9.18 Å². The second-order valence-corrected chi connectivity index (χ2v) is 6.16. The van der Waals surface area contributed by atoms with E-state index in [0.29, 0.717) is 35.9 Å². The fourth-order valence-corrected chi connectivity index (χ4v) is 2.93. The fourth-order valence-electron chi connectivity index (χ4n) is 2.93. The number of hydrogen-bond acceptors (Lipinski definition) is 4. The summed E-state index contributed by atoms with van der Waals surface area (Å²) in [5.41, 5.74) is 1.33. The molecule has 0 bridgehead atoms. The molecule has 0 radical (unpaired) electrons. The van der Waals surface area contributed by atoms with Gasteiger partial charge in [0, 0.05) is 25.6 Å². The van der Waals surface area contributed by atoms with Crippen LogP contribution in [0.15, 0.2) is 18.2 Å². The number of halogens is 1. The fraction of sp³-hybridized carbons (Fsp3) is 0.529. The molecule has 0 unspecified atom stereocenters. The number of carbonyl (C=O) groups excluding carboxylic acids is 1. The maximum absolute atomic E-state index is 13.2. The van der Waals surface area contributed by atoms with Crippen molar-refractivity contribution in [2.75, 3.05) is 26.3 Å². The molecule has 1 aliphatic heterocycles. The van der Waals surface area contributed by atoms with Gasteiger partial charge in [0.2, 0.25) is 5.91 Å². The molecule has 24 heavy (non-hydrogen) atoms. The largest absolute Gasteiger partial charge is 0.379 e. The highest BCUT2D eigenvalue weighted by Crippen LogP contribution is 2.13. The molecule has 2 N–H and O–H groups in total. The Labute approximate surface area is 140 Å². The molecule has 1 aromatic heterocycles. The van der Waals surface area contributed by atoms with Gasteiger partial charge in [-0.15, -0.1) is 0 Å². The molecule has 1 fully saturated rings. The number of morpholine rings is 1. The standard InChI is InChI=1S/C17H23FN4O2/c1-12(22-6-8-24-9-7-22)2-5-17(23)19-11-16-20-14-4-3-13(18)10-15(14)21-16/h3-4,10,12H,2,5-9,11H2,1H3,(H,19,23)(H,20,21)/t12-/m0/s1. The van der Waals surface area contributed by atoms with Crippen molar-refractivity contribution >= 4 is 16.9 Å². The Morgan fingerprint density at radius 2 is 2.25 bits per heavy atom. The number of ether oxygens (including phenoxy) is 1. The van der Waals surface area contributed by atoms with Gasteiger partial charge in [0.15, 0.2) is 0 Å². The number of hydrogen-bond donors (Lipinski definition) is 2. The van der Waals surface area contributed by atoms with E-state index in [0.717, 1.165) is 32.7 Å². The van der Waals surface area contributed by atoms with Crippen molar-refractivity contribution in [3.8, 4) is 0 Å². The quantitative estimate of drug-likeness (QED) is 0.845. The van der Waals surface area contributed by atoms with Crippen molar-refractivity contribution in [1.29, 1.82) is 0 Å². The second kappa shape index (κ2) is 7.72. The monoisotopic (exact) mass is 334 g/mol. The minimum absolute atomic E-state index is 0.00162. The van der Waals surface area contributed by atoms with Gasteiger partial charge in [-0.2, -0.15) is 0 Å². The Balaban J connectivity index is 1.44. The number of H-pyrrole nitrogens is 1. The minimum Gasteiger partial charge on any atom is -0.379 e. The number of aromatic amines is 1. The molecular formula is C17H23FN4O2. The summed E-state index contributed by atoms with van der Waals surface area (Å²) in [5.74, 6) is 0.325. The van der Waals surface area contributed by atoms with Crippen molar-refractivity contribution in [1.82, 2.24) is 20.2 Å². The van der Waals surface area contributed by atoms with E-state index in [1.807, 2.05) is 0 Å². The zero-order valence-corrected chi connectivity index (χ0v) is 13.8. The molecule has 3 rings (SSSR count). The smallest absolute Gasteiger partial charge is 0.220 e. The molecular weight excluding hydrogens is 311 g/mol. The summed E-state index contributed by atoms with van der Waals surface area (Å²) >= 11 is 0. The molecule has 1 atom stereocenters. The van der Waals surface area contributed by atoms with Crippen LogP contribution in [0, 0.1) is 5.82 Å². The highest BCUT2D eigenvalue weighted by molar-refractivity contribution is 5.77. The van der Waals surface area contributed by atoms with Crippen LogP contribution < -0.4 is 5.32 Å². The van der Waals surface area contributed by atoms with Crippen LogP contribution in [0.25, 0.3) is 11.0 Å². The van der Waals surface area contributed by atoms with Crippen LogP contribution in [0.3, 0.4) is 0 Å². The number of fused-ring (bicyclic) bond motifs is 1. The van der Waals surface area contributed by atoms with Gasteiger partial charge >= 0.3 is 0 Å². The average molecular weight is 334 g/mol. The number of amides is 1. The highest BCUT2D eigenvalue weighted by Gasteiger charge is 2.17. The lowest BCUT2D eigenvalue weighted by Gasteiger charge is -2.32. The van der Waals surface area contributed by atoms with Gasteiger partial charge in [-0.3, -0.25) is 9.69 Å². The molecule has 1 aliphatic rings. The van der Waals surface area contributed by atoms with E-state index in [4.69, 9.17) is 4.74 Å². The van der Waals surface area contributed by atoms with E-state index in [2.05, 4.69) is 27.1 Å². The van der Waals surface area contributed by atoms with Gasteiger partial charge in [0.25, 0.3) is 0 Å². The van der Waals surface area contributed by atoms with Crippen LogP contribution in [0.5, 0.6) is 0 Å². The maximum Gasteiger partial charge on any atom is 0.220 e. The van der Waals surface area contributed by atoms with E-state index in [1.165, 1.54) is 12.1 Å². The first-order valence-corrected chi connectivity index (χ1v) is 8.34. The second-order valence-electron chi connectivity index (χ2n) is 6.16. The van der Waals surface area contributed by atoms with Crippen LogP contribution in [0.2, 0.25) is 0 Å². The Kier molecular flexibility index (Phi) is 5.42. The molecule has 1 aromatic carbocycles. The van der Waals surface area contributed by atoms with Gasteiger partial charge < -0.3 is 15.0 Å². The van der Waals surface area contributed by atoms with Gasteiger partial charge in [-0.25, -0.2) is 9.37 Å². The van der Waals surface area contributed by atoms with E-state index in [1.54, 1.807) is 6.07 Å². The molecule has 7 heteroatoms. The third kappa shape index (κ3) is 4.30. The lowest BCUT2D eigenvalue weighted by Crippen LogP contribution is -2.42. The number of benzene rings is 1. The molecule has 130 valence electrons. The SMILES string of the molecule is C[C@@H](CCC(=O)NCc1nc2ccc(F)cc2[nH]1)N1CCOCC1. The molecule has 1 saturated heterocycles. The van der Waals surface area contributed by atoms with Crippen molar-refractivity contribution < 1.29 is 13.9 Å². The normalized spacial score (nSPS) is 17.1. The van der Waals surface area contributed by atoms with E-state index < -0.39 is 0 Å². The van der Waals surface area contributed by atoms with Gasteiger partial charge in [0.05, 0.1) is 30.8 Å². The van der Waals surface area contributed by atoms with Crippen molar-refractivity contribution in [2.24, 2.45) is 0 Å². The zero-order chi connectivity index (χ0) is 16.9. The molecule has 2 aromatic rings. The van der Waals surface area contributed by atoms with Crippen molar-refractivity contribution in [3.05, 3.63) is 29.8 Å². The molecule has 1 amide bonds. The summed E-state index contributed by atoms with van der Waals surface area (Å²) in [4.78, 5) is 21.7. The molecule has 0 spiro atoms. The predicted octanol–water partition coefficient (Wildman–Crippen LogP) is 1.82. The first-order chi connectivity index (χ1) is 11.6. The number of rotatable bonds is 6. The molecule has 6 nitrogen and oxygen atoms in total. The van der Waals surface area contributed by atoms with Crippen LogP contribution in [0.4, 0.5) is 4.39 Å². The summed E-state index contributed by atoms with van der Waals surface area (Å²) < 4.78 is 18.5. The first-order valence-electron chi connectivity index (χ1n) is 8.34. The Morgan fingerprint density at radius 1 is 1.46 bits per heavy atom. The highest BCUT2D eigenvalue weighted by atomic mass is 19.1. The topological polar surface area (TPSA) is 70.2 Å². The van der Waals surface area contributed by atoms with Gasteiger partial charge in [0.1, 0.15) is 11.6 Å². The van der Waals surface area contributed by atoms with Crippen molar-refractivity contribution in [2.45, 2.75) is 32.4 Å². The summed E-state index contributed by atoms with van der Waals surface area (Å²) in [5, 5.41) is 2.86. The number of nitrogens with zero attached hydrogens (tertiary/aromatic N) is 2. The minimum atomic E-state index is -0.307. The lowest BCUT2D eigenvalue weighted by atomic mass is 10.1. The summed E-state index contributed by atoms with van der Waals surface area (Å²) in [6.45, 7) is 5.86. The van der Waals surface area contributed by atoms with Crippen LogP contribution >= 0.6 is 0 Å². The van der Waals surface area contributed by atoms with Gasteiger partial charge in [-0.1, -0.05) is 0 Å². The maximum atomic E-state index is 13.2. The Morgan fingerprint density at radius 3 is 3.04 bits per heavy atom. The van der Waals surface area contributed by atoms with Crippen LogP contribution in [-0.2, 0) is 16.1 Å².